The molecular formula is C16H26O2. The maximum absolute atomic E-state index is 11.2. The molecule has 0 aromatic carbocycles. The SMILES string of the molecule is OC1(C2=CCCO2)CCCCC1C1CCCCC1. The van der Waals surface area contributed by atoms with Gasteiger partial charge in [0.15, 0.2) is 0 Å². The van der Waals surface area contributed by atoms with E-state index in [0.717, 1.165) is 37.5 Å². The normalized spacial score (nSPS) is 38.3. The van der Waals surface area contributed by atoms with Crippen molar-refractivity contribution in [2.75, 3.05) is 6.61 Å². The van der Waals surface area contributed by atoms with E-state index < -0.39 is 5.60 Å². The van der Waals surface area contributed by atoms with Gasteiger partial charge in [-0.15, -0.1) is 0 Å². The molecule has 1 heterocycles. The van der Waals surface area contributed by atoms with E-state index in [-0.39, 0.29) is 0 Å². The van der Waals surface area contributed by atoms with Gasteiger partial charge in [-0.2, -0.15) is 0 Å². The predicted molar refractivity (Wildman–Crippen MR) is 72.1 cm³/mol. The van der Waals surface area contributed by atoms with Gasteiger partial charge < -0.3 is 9.84 Å². The van der Waals surface area contributed by atoms with E-state index in [9.17, 15) is 5.11 Å². The predicted octanol–water partition coefficient (Wildman–Crippen LogP) is 3.79. The van der Waals surface area contributed by atoms with Crippen molar-refractivity contribution >= 4 is 0 Å². The van der Waals surface area contributed by atoms with Crippen molar-refractivity contribution < 1.29 is 9.84 Å². The van der Waals surface area contributed by atoms with Crippen LogP contribution in [0.15, 0.2) is 11.8 Å². The molecule has 18 heavy (non-hydrogen) atoms. The molecule has 3 rings (SSSR count). The van der Waals surface area contributed by atoms with Gasteiger partial charge in [-0.25, -0.2) is 0 Å². The summed E-state index contributed by atoms with van der Waals surface area (Å²) in [5.74, 6) is 2.10. The Morgan fingerprint density at radius 2 is 1.83 bits per heavy atom. The average Bonchev–Trinajstić information content (AvgIpc) is 2.95. The van der Waals surface area contributed by atoms with Crippen LogP contribution in [0.3, 0.4) is 0 Å². The van der Waals surface area contributed by atoms with Crippen LogP contribution in [0.4, 0.5) is 0 Å². The Kier molecular flexibility index (Phi) is 3.65. The van der Waals surface area contributed by atoms with E-state index in [1.165, 1.54) is 44.9 Å². The molecule has 2 heteroatoms. The van der Waals surface area contributed by atoms with Gasteiger partial charge in [-0.05, 0) is 30.8 Å². The molecule has 102 valence electrons. The third-order valence-electron chi connectivity index (χ3n) is 5.29. The van der Waals surface area contributed by atoms with Gasteiger partial charge in [0.25, 0.3) is 0 Å². The molecule has 0 spiro atoms. The summed E-state index contributed by atoms with van der Waals surface area (Å²) in [6.07, 6.45) is 14.4. The van der Waals surface area contributed by atoms with E-state index in [1.807, 2.05) is 0 Å². The van der Waals surface area contributed by atoms with Gasteiger partial charge >= 0.3 is 0 Å². The molecule has 2 unspecified atom stereocenters. The Balaban J connectivity index is 1.80. The minimum absolute atomic E-state index is 0.455. The zero-order valence-corrected chi connectivity index (χ0v) is 11.4. The Morgan fingerprint density at radius 1 is 1.06 bits per heavy atom. The van der Waals surface area contributed by atoms with Crippen molar-refractivity contribution in [3.05, 3.63) is 11.8 Å². The summed E-state index contributed by atoms with van der Waals surface area (Å²) in [5, 5.41) is 11.2. The fourth-order valence-corrected chi connectivity index (χ4v) is 4.37. The average molecular weight is 250 g/mol. The van der Waals surface area contributed by atoms with Gasteiger partial charge in [-0.1, -0.05) is 44.9 Å². The van der Waals surface area contributed by atoms with Crippen LogP contribution in [0.5, 0.6) is 0 Å². The van der Waals surface area contributed by atoms with E-state index in [0.29, 0.717) is 5.92 Å². The largest absolute Gasteiger partial charge is 0.495 e. The monoisotopic (exact) mass is 250 g/mol. The molecule has 2 nitrogen and oxygen atoms in total. The van der Waals surface area contributed by atoms with Crippen LogP contribution in [0.1, 0.15) is 64.2 Å². The molecule has 0 aromatic rings. The second kappa shape index (κ2) is 5.24. The first-order valence-corrected chi connectivity index (χ1v) is 7.86. The van der Waals surface area contributed by atoms with Crippen molar-refractivity contribution in [2.24, 2.45) is 11.8 Å². The van der Waals surface area contributed by atoms with Crippen LogP contribution in [0.25, 0.3) is 0 Å². The molecular weight excluding hydrogens is 224 g/mol. The Labute approximate surface area is 110 Å². The van der Waals surface area contributed by atoms with E-state index >= 15 is 0 Å². The zero-order valence-electron chi connectivity index (χ0n) is 11.4. The van der Waals surface area contributed by atoms with Crippen molar-refractivity contribution in [3.63, 3.8) is 0 Å². The fraction of sp³-hybridized carbons (Fsp3) is 0.875. The van der Waals surface area contributed by atoms with Crippen LogP contribution in [-0.2, 0) is 4.74 Å². The van der Waals surface area contributed by atoms with Gasteiger partial charge in [0.1, 0.15) is 11.4 Å². The van der Waals surface area contributed by atoms with Gasteiger partial charge in [-0.3, -0.25) is 0 Å². The molecule has 2 fully saturated rings. The van der Waals surface area contributed by atoms with E-state index in [1.54, 1.807) is 0 Å². The molecule has 2 atom stereocenters. The lowest BCUT2D eigenvalue weighted by atomic mass is 9.65. The number of hydrogen-bond donors (Lipinski definition) is 1. The summed E-state index contributed by atoms with van der Waals surface area (Å²) in [7, 11) is 0. The lowest BCUT2D eigenvalue weighted by Gasteiger charge is -2.45. The highest BCUT2D eigenvalue weighted by Crippen LogP contribution is 2.47. The lowest BCUT2D eigenvalue weighted by molar-refractivity contribution is -0.0799. The summed E-state index contributed by atoms with van der Waals surface area (Å²) in [4.78, 5) is 0. The second-order valence-corrected chi connectivity index (χ2v) is 6.38. The number of ether oxygens (including phenoxy) is 1. The number of hydrogen-bond acceptors (Lipinski definition) is 2. The van der Waals surface area contributed by atoms with Crippen LogP contribution >= 0.6 is 0 Å². The molecule has 2 aliphatic carbocycles. The maximum Gasteiger partial charge on any atom is 0.124 e. The summed E-state index contributed by atoms with van der Waals surface area (Å²) in [6, 6.07) is 0. The highest BCUT2D eigenvalue weighted by atomic mass is 16.5. The zero-order chi connectivity index (χ0) is 12.4. The third kappa shape index (κ3) is 2.20. The quantitative estimate of drug-likeness (QED) is 0.808. The molecule has 0 amide bonds. The van der Waals surface area contributed by atoms with E-state index in [2.05, 4.69) is 6.08 Å². The van der Waals surface area contributed by atoms with Gasteiger partial charge in [0.2, 0.25) is 0 Å². The van der Waals surface area contributed by atoms with Crippen molar-refractivity contribution in [1.29, 1.82) is 0 Å². The summed E-state index contributed by atoms with van der Waals surface area (Å²) in [5.41, 5.74) is -0.628. The fourth-order valence-electron chi connectivity index (χ4n) is 4.37. The first-order valence-electron chi connectivity index (χ1n) is 7.86. The maximum atomic E-state index is 11.2. The van der Waals surface area contributed by atoms with Crippen molar-refractivity contribution in [1.82, 2.24) is 0 Å². The third-order valence-corrected chi connectivity index (χ3v) is 5.29. The Bertz CT molecular complexity index is 317. The highest BCUT2D eigenvalue weighted by molar-refractivity contribution is 5.17. The molecule has 0 radical (unpaired) electrons. The smallest absolute Gasteiger partial charge is 0.124 e. The first kappa shape index (κ1) is 12.5. The second-order valence-electron chi connectivity index (χ2n) is 6.38. The van der Waals surface area contributed by atoms with Crippen LogP contribution < -0.4 is 0 Å². The molecule has 1 aliphatic heterocycles. The highest BCUT2D eigenvalue weighted by Gasteiger charge is 2.47. The van der Waals surface area contributed by atoms with Gasteiger partial charge in [0.05, 0.1) is 6.61 Å². The number of rotatable bonds is 2. The van der Waals surface area contributed by atoms with Crippen LogP contribution in [0, 0.1) is 11.8 Å². The summed E-state index contributed by atoms with van der Waals surface area (Å²) >= 11 is 0. The first-order chi connectivity index (χ1) is 8.81. The molecule has 1 N–H and O–H groups in total. The summed E-state index contributed by atoms with van der Waals surface area (Å²) in [6.45, 7) is 0.773. The van der Waals surface area contributed by atoms with Crippen molar-refractivity contribution in [3.8, 4) is 0 Å². The molecule has 3 aliphatic rings. The minimum Gasteiger partial charge on any atom is -0.495 e. The number of aliphatic hydroxyl groups is 1. The summed E-state index contributed by atoms with van der Waals surface area (Å²) < 4.78 is 5.73. The topological polar surface area (TPSA) is 29.5 Å². The van der Waals surface area contributed by atoms with Crippen molar-refractivity contribution in [2.45, 2.75) is 69.8 Å². The standard InChI is InChI=1S/C16H26O2/c17-16(15-10-6-12-18-15)11-5-4-9-14(16)13-7-2-1-3-8-13/h10,13-14,17H,1-9,11-12H2. The van der Waals surface area contributed by atoms with Gasteiger partial charge in [0, 0.05) is 6.42 Å². The molecule has 0 saturated heterocycles. The molecule has 0 bridgehead atoms. The van der Waals surface area contributed by atoms with Crippen LogP contribution in [0.2, 0.25) is 0 Å². The minimum atomic E-state index is -0.628. The Morgan fingerprint density at radius 3 is 2.56 bits per heavy atom. The molecule has 2 saturated carbocycles. The van der Waals surface area contributed by atoms with Crippen LogP contribution in [-0.4, -0.2) is 17.3 Å². The lowest BCUT2D eigenvalue weighted by Crippen LogP contribution is -2.46. The van der Waals surface area contributed by atoms with E-state index in [4.69, 9.17) is 4.74 Å². The Hall–Kier alpha value is -0.500. The molecule has 0 aromatic heterocycles.